The Labute approximate surface area is 115 Å². The maximum absolute atomic E-state index is 12.8. The van der Waals surface area contributed by atoms with E-state index in [1.54, 1.807) is 0 Å². The zero-order valence-electron chi connectivity index (χ0n) is 10.8. The molecule has 1 atom stereocenters. The van der Waals surface area contributed by atoms with Crippen molar-refractivity contribution in [1.82, 2.24) is 5.32 Å². The third-order valence-corrected chi connectivity index (χ3v) is 4.70. The second kappa shape index (κ2) is 6.55. The molecule has 0 aliphatic rings. The van der Waals surface area contributed by atoms with Gasteiger partial charge in [-0.2, -0.15) is 13.2 Å². The highest BCUT2D eigenvalue weighted by Crippen LogP contribution is 2.34. The maximum Gasteiger partial charge on any atom is 0.417 e. The van der Waals surface area contributed by atoms with Gasteiger partial charge in [-0.25, -0.2) is 8.42 Å². The van der Waals surface area contributed by atoms with Crippen molar-refractivity contribution in [3.63, 3.8) is 0 Å². The van der Waals surface area contributed by atoms with Crippen molar-refractivity contribution in [3.8, 4) is 0 Å². The van der Waals surface area contributed by atoms with Crippen LogP contribution in [-0.4, -0.2) is 39.0 Å². The van der Waals surface area contributed by atoms with Crippen LogP contribution in [0, 0.1) is 0 Å². The van der Waals surface area contributed by atoms with E-state index in [4.69, 9.17) is 5.11 Å². The molecule has 8 heteroatoms. The van der Waals surface area contributed by atoms with Gasteiger partial charge in [0.05, 0.1) is 16.2 Å². The lowest BCUT2D eigenvalue weighted by molar-refractivity contribution is -0.139. The minimum atomic E-state index is -4.73. The van der Waals surface area contributed by atoms with Gasteiger partial charge in [-0.3, -0.25) is 0 Å². The molecule has 0 saturated carbocycles. The summed E-state index contributed by atoms with van der Waals surface area (Å²) in [6.07, 6.45) is -4.58. The van der Waals surface area contributed by atoms with E-state index in [1.165, 1.54) is 13.1 Å². The number of hydrogen-bond acceptors (Lipinski definition) is 4. The van der Waals surface area contributed by atoms with E-state index >= 15 is 0 Å². The molecule has 0 spiro atoms. The lowest BCUT2D eigenvalue weighted by Crippen LogP contribution is -2.34. The number of rotatable bonds is 6. The number of aliphatic hydroxyl groups is 1. The number of halogens is 3. The average Bonchev–Trinajstić information content (AvgIpc) is 2.37. The predicted octanol–water partition coefficient (Wildman–Crippen LogP) is 1.45. The average molecular weight is 311 g/mol. The van der Waals surface area contributed by atoms with Gasteiger partial charge in [0.2, 0.25) is 0 Å². The minimum Gasteiger partial charge on any atom is -0.396 e. The molecule has 1 aromatic carbocycles. The Bertz CT molecular complexity index is 543. The maximum atomic E-state index is 12.8. The van der Waals surface area contributed by atoms with E-state index in [9.17, 15) is 21.6 Å². The number of aliphatic hydroxyl groups excluding tert-OH is 1. The zero-order chi connectivity index (χ0) is 15.4. The summed E-state index contributed by atoms with van der Waals surface area (Å²) in [7, 11) is -2.61. The normalized spacial score (nSPS) is 14.2. The molecule has 0 aliphatic heterocycles. The van der Waals surface area contributed by atoms with E-state index < -0.39 is 38.3 Å². The van der Waals surface area contributed by atoms with Gasteiger partial charge >= 0.3 is 6.18 Å². The lowest BCUT2D eigenvalue weighted by atomic mass is 10.2. The molecule has 114 valence electrons. The van der Waals surface area contributed by atoms with Gasteiger partial charge in [0.1, 0.15) is 0 Å². The first kappa shape index (κ1) is 16.9. The molecule has 0 aromatic heterocycles. The topological polar surface area (TPSA) is 66.4 Å². The largest absolute Gasteiger partial charge is 0.417 e. The van der Waals surface area contributed by atoms with Crippen LogP contribution >= 0.6 is 0 Å². The van der Waals surface area contributed by atoms with Gasteiger partial charge in [0.25, 0.3) is 0 Å². The van der Waals surface area contributed by atoms with Gasteiger partial charge in [-0.05, 0) is 25.6 Å². The molecule has 0 aliphatic carbocycles. The molecule has 0 bridgehead atoms. The van der Waals surface area contributed by atoms with Crippen molar-refractivity contribution < 1.29 is 26.7 Å². The van der Waals surface area contributed by atoms with Crippen molar-refractivity contribution in [2.75, 3.05) is 19.4 Å². The second-order valence-corrected chi connectivity index (χ2v) is 6.28. The molecular weight excluding hydrogens is 295 g/mol. The molecule has 1 aromatic rings. The van der Waals surface area contributed by atoms with Gasteiger partial charge in [-0.1, -0.05) is 12.1 Å². The summed E-state index contributed by atoms with van der Waals surface area (Å²) >= 11 is 0. The van der Waals surface area contributed by atoms with Gasteiger partial charge in [0.15, 0.2) is 9.84 Å². The number of hydrogen-bond donors (Lipinski definition) is 2. The standard InChI is InChI=1S/C12H16F3NO3S/c1-16-9(6-7-17)8-20(18,19)11-5-3-2-4-10(11)12(13,14)15/h2-5,9,16-17H,6-8H2,1H3. The third-order valence-electron chi connectivity index (χ3n) is 2.83. The molecule has 0 heterocycles. The molecular formula is C12H16F3NO3S. The summed E-state index contributed by atoms with van der Waals surface area (Å²) in [5.41, 5.74) is -1.17. The molecule has 0 saturated heterocycles. The quantitative estimate of drug-likeness (QED) is 0.834. The SMILES string of the molecule is CNC(CCO)CS(=O)(=O)c1ccccc1C(F)(F)F. The third kappa shape index (κ3) is 4.19. The van der Waals surface area contributed by atoms with E-state index in [-0.39, 0.29) is 13.0 Å². The summed E-state index contributed by atoms with van der Waals surface area (Å²) < 4.78 is 62.7. The first-order valence-corrected chi connectivity index (χ1v) is 7.54. The van der Waals surface area contributed by atoms with E-state index in [2.05, 4.69) is 5.32 Å². The molecule has 0 fully saturated rings. The van der Waals surface area contributed by atoms with Crippen LogP contribution in [0.15, 0.2) is 29.2 Å². The molecule has 4 nitrogen and oxygen atoms in total. The Morgan fingerprint density at radius 1 is 1.30 bits per heavy atom. The highest BCUT2D eigenvalue weighted by Gasteiger charge is 2.37. The summed E-state index contributed by atoms with van der Waals surface area (Å²) in [6, 6.07) is 3.48. The fourth-order valence-electron chi connectivity index (χ4n) is 1.79. The van der Waals surface area contributed by atoms with Gasteiger partial charge < -0.3 is 10.4 Å². The summed E-state index contributed by atoms with van der Waals surface area (Å²) in [5, 5.41) is 11.5. The monoisotopic (exact) mass is 311 g/mol. The van der Waals surface area contributed by atoms with Crippen molar-refractivity contribution in [2.24, 2.45) is 0 Å². The van der Waals surface area contributed by atoms with Crippen LogP contribution in [0.25, 0.3) is 0 Å². The van der Waals surface area contributed by atoms with Crippen LogP contribution in [0.3, 0.4) is 0 Å². The Hall–Kier alpha value is -1.12. The highest BCUT2D eigenvalue weighted by molar-refractivity contribution is 7.91. The molecule has 1 rings (SSSR count). The number of benzene rings is 1. The second-order valence-electron chi connectivity index (χ2n) is 4.27. The molecule has 0 amide bonds. The van der Waals surface area contributed by atoms with Crippen LogP contribution in [0.2, 0.25) is 0 Å². The fourth-order valence-corrected chi connectivity index (χ4v) is 3.64. The van der Waals surface area contributed by atoms with Gasteiger partial charge in [0, 0.05) is 12.6 Å². The molecule has 20 heavy (non-hydrogen) atoms. The van der Waals surface area contributed by atoms with Crippen LogP contribution in [0.4, 0.5) is 13.2 Å². The molecule has 0 radical (unpaired) electrons. The Kier molecular flexibility index (Phi) is 5.55. The predicted molar refractivity (Wildman–Crippen MR) is 68.0 cm³/mol. The van der Waals surface area contributed by atoms with Crippen molar-refractivity contribution in [3.05, 3.63) is 29.8 Å². The lowest BCUT2D eigenvalue weighted by Gasteiger charge is -2.17. The Morgan fingerprint density at radius 2 is 1.90 bits per heavy atom. The highest BCUT2D eigenvalue weighted by atomic mass is 32.2. The molecule has 2 N–H and O–H groups in total. The van der Waals surface area contributed by atoms with Crippen LogP contribution in [0.1, 0.15) is 12.0 Å². The van der Waals surface area contributed by atoms with E-state index in [0.717, 1.165) is 18.2 Å². The number of nitrogens with one attached hydrogen (secondary N) is 1. The summed E-state index contributed by atoms with van der Waals surface area (Å²) in [4.78, 5) is -0.731. The summed E-state index contributed by atoms with van der Waals surface area (Å²) in [5.74, 6) is -0.503. The van der Waals surface area contributed by atoms with E-state index in [1.807, 2.05) is 0 Å². The van der Waals surface area contributed by atoms with Crippen molar-refractivity contribution >= 4 is 9.84 Å². The van der Waals surface area contributed by atoms with Gasteiger partial charge in [-0.15, -0.1) is 0 Å². The Morgan fingerprint density at radius 3 is 2.40 bits per heavy atom. The van der Waals surface area contributed by atoms with E-state index in [0.29, 0.717) is 0 Å². The Balaban J connectivity index is 3.16. The van der Waals surface area contributed by atoms with Crippen molar-refractivity contribution in [1.29, 1.82) is 0 Å². The van der Waals surface area contributed by atoms with Crippen molar-refractivity contribution in [2.45, 2.75) is 23.5 Å². The summed E-state index contributed by atoms with van der Waals surface area (Å²) in [6.45, 7) is -0.248. The first-order valence-electron chi connectivity index (χ1n) is 5.89. The number of alkyl halides is 3. The fraction of sp³-hybridized carbons (Fsp3) is 0.500. The smallest absolute Gasteiger partial charge is 0.396 e. The minimum absolute atomic E-state index is 0.143. The van der Waals surface area contributed by atoms with Crippen LogP contribution in [-0.2, 0) is 16.0 Å². The van der Waals surface area contributed by atoms with Crippen LogP contribution in [0.5, 0.6) is 0 Å². The molecule has 1 unspecified atom stereocenters. The first-order chi connectivity index (χ1) is 9.22. The zero-order valence-corrected chi connectivity index (χ0v) is 11.6. The number of sulfone groups is 1. The van der Waals surface area contributed by atoms with Crippen LogP contribution < -0.4 is 5.32 Å².